The minimum absolute atomic E-state index is 0.194. The molecule has 0 spiro atoms. The summed E-state index contributed by atoms with van der Waals surface area (Å²) in [6.45, 7) is 4.46. The van der Waals surface area contributed by atoms with Gasteiger partial charge in [-0.15, -0.1) is 46.4 Å². The lowest BCUT2D eigenvalue weighted by atomic mass is 10.2. The smallest absolute Gasteiger partial charge is 0.0967 e. The number of unbranched alkanes of at least 4 members (excludes halogenated alkanes) is 3. The normalized spacial score (nSPS) is 6.86. The minimum atomic E-state index is 0.194. The second kappa shape index (κ2) is 47.9. The Kier molecular flexibility index (Phi) is 83.5. The zero-order valence-corrected chi connectivity index (χ0v) is 12.2. The van der Waals surface area contributed by atoms with E-state index in [1.54, 1.807) is 0 Å². The molecule has 1 N–H and O–H groups in total. The first-order valence-corrected chi connectivity index (χ1v) is 6.57. The van der Waals surface area contributed by atoms with Gasteiger partial charge in [0.05, 0.1) is 10.7 Å². The van der Waals surface area contributed by atoms with E-state index < -0.39 is 0 Å². The topological polar surface area (TPSA) is 20.2 Å². The molecule has 0 rings (SSSR count). The standard InChI is InChI=1S/C6H14.2CH2Cl2.CH4O/c1-3-5-6-4-2;2*2-1-3;1-2/h3-6H2,1-2H3;2*1H2;2H,1H3. The molecule has 0 atom stereocenters. The van der Waals surface area contributed by atoms with Gasteiger partial charge >= 0.3 is 0 Å². The molecule has 0 saturated heterocycles. The highest BCUT2D eigenvalue weighted by Gasteiger charge is 1.75. The van der Waals surface area contributed by atoms with Crippen molar-refractivity contribution >= 4 is 46.4 Å². The molecule has 14 heavy (non-hydrogen) atoms. The fourth-order valence-corrected chi connectivity index (χ4v) is 0.500. The number of alkyl halides is 4. The van der Waals surface area contributed by atoms with Crippen LogP contribution in [0.2, 0.25) is 0 Å². The summed E-state index contributed by atoms with van der Waals surface area (Å²) in [4.78, 5) is 0. The molecule has 0 fully saturated rings. The lowest BCUT2D eigenvalue weighted by Gasteiger charge is -1.86. The summed E-state index contributed by atoms with van der Waals surface area (Å²) in [7, 11) is 1.00. The van der Waals surface area contributed by atoms with Gasteiger partial charge in [-0.3, -0.25) is 0 Å². The van der Waals surface area contributed by atoms with Gasteiger partial charge in [0.15, 0.2) is 0 Å². The van der Waals surface area contributed by atoms with Gasteiger partial charge in [-0.25, -0.2) is 0 Å². The molecular weight excluding hydrogens is 266 g/mol. The highest BCUT2D eigenvalue weighted by atomic mass is 35.5. The Bertz CT molecular complexity index is 41.8. The quantitative estimate of drug-likeness (QED) is 0.570. The van der Waals surface area contributed by atoms with Crippen LogP contribution in [0.1, 0.15) is 39.5 Å². The van der Waals surface area contributed by atoms with Crippen molar-refractivity contribution < 1.29 is 5.11 Å². The third kappa shape index (κ3) is 114. The van der Waals surface area contributed by atoms with E-state index in [0.717, 1.165) is 7.11 Å². The van der Waals surface area contributed by atoms with Crippen LogP contribution in [0.4, 0.5) is 0 Å². The van der Waals surface area contributed by atoms with Crippen LogP contribution in [-0.4, -0.2) is 22.9 Å². The molecule has 0 aliphatic rings. The van der Waals surface area contributed by atoms with Crippen LogP contribution in [0.25, 0.3) is 0 Å². The number of hydrogen-bond acceptors (Lipinski definition) is 1. The van der Waals surface area contributed by atoms with Gasteiger partial charge in [0.25, 0.3) is 0 Å². The second-order valence-electron chi connectivity index (χ2n) is 1.91. The maximum absolute atomic E-state index is 7.00. The Balaban J connectivity index is -0.0000000536. The predicted octanol–water partition coefficient (Wildman–Crippen LogP) is 5.04. The molecule has 0 unspecified atom stereocenters. The Morgan fingerprint density at radius 1 is 0.714 bits per heavy atom. The summed E-state index contributed by atoms with van der Waals surface area (Å²) in [5.74, 6) is 0. The van der Waals surface area contributed by atoms with Crippen molar-refractivity contribution in [3.05, 3.63) is 0 Å². The van der Waals surface area contributed by atoms with Crippen molar-refractivity contribution in [2.45, 2.75) is 39.5 Å². The average Bonchev–Trinajstić information content (AvgIpc) is 2.20. The maximum Gasteiger partial charge on any atom is 0.0967 e. The fraction of sp³-hybridized carbons (Fsp3) is 1.00. The summed E-state index contributed by atoms with van der Waals surface area (Å²) < 4.78 is 0. The third-order valence-electron chi connectivity index (χ3n) is 0.957. The minimum Gasteiger partial charge on any atom is -0.400 e. The molecule has 0 aliphatic heterocycles. The summed E-state index contributed by atoms with van der Waals surface area (Å²) in [5.41, 5.74) is 0. The lowest BCUT2D eigenvalue weighted by molar-refractivity contribution is 0.399. The van der Waals surface area contributed by atoms with Crippen LogP contribution < -0.4 is 0 Å². The van der Waals surface area contributed by atoms with Gasteiger partial charge in [0.1, 0.15) is 0 Å². The van der Waals surface area contributed by atoms with Crippen LogP contribution in [0.5, 0.6) is 0 Å². The number of halogens is 4. The molecular formula is C9H22Cl4O. The number of rotatable bonds is 3. The van der Waals surface area contributed by atoms with Crippen molar-refractivity contribution in [1.29, 1.82) is 0 Å². The summed E-state index contributed by atoms with van der Waals surface area (Å²) in [5, 5.41) is 7.39. The van der Waals surface area contributed by atoms with Crippen molar-refractivity contribution in [2.24, 2.45) is 0 Å². The predicted molar refractivity (Wildman–Crippen MR) is 71.1 cm³/mol. The van der Waals surface area contributed by atoms with E-state index in [9.17, 15) is 0 Å². The van der Waals surface area contributed by atoms with Crippen LogP contribution in [0.3, 0.4) is 0 Å². The van der Waals surface area contributed by atoms with Gasteiger partial charge in [-0.05, 0) is 0 Å². The summed E-state index contributed by atoms with van der Waals surface area (Å²) in [6, 6.07) is 0. The highest BCUT2D eigenvalue weighted by molar-refractivity contribution is 6.40. The lowest BCUT2D eigenvalue weighted by Crippen LogP contribution is -1.66. The third-order valence-corrected chi connectivity index (χ3v) is 0.957. The van der Waals surface area contributed by atoms with E-state index in [0.29, 0.717) is 0 Å². The van der Waals surface area contributed by atoms with Gasteiger partial charge in [-0.1, -0.05) is 39.5 Å². The van der Waals surface area contributed by atoms with E-state index in [-0.39, 0.29) is 10.7 Å². The van der Waals surface area contributed by atoms with Crippen molar-refractivity contribution in [2.75, 3.05) is 17.8 Å². The van der Waals surface area contributed by atoms with E-state index in [2.05, 4.69) is 13.8 Å². The molecule has 0 aromatic rings. The van der Waals surface area contributed by atoms with E-state index >= 15 is 0 Å². The molecule has 0 aromatic heterocycles. The highest BCUT2D eigenvalue weighted by Crippen LogP contribution is 1.95. The largest absolute Gasteiger partial charge is 0.400 e. The number of hydrogen-bond donors (Lipinski definition) is 1. The van der Waals surface area contributed by atoms with E-state index in [1.807, 2.05) is 0 Å². The zero-order valence-electron chi connectivity index (χ0n) is 9.20. The fourth-order valence-electron chi connectivity index (χ4n) is 0.500. The molecule has 0 amide bonds. The van der Waals surface area contributed by atoms with Crippen LogP contribution >= 0.6 is 46.4 Å². The van der Waals surface area contributed by atoms with Crippen molar-refractivity contribution in [3.8, 4) is 0 Å². The van der Waals surface area contributed by atoms with Crippen LogP contribution in [-0.2, 0) is 0 Å². The Morgan fingerprint density at radius 2 is 0.857 bits per heavy atom. The Hall–Kier alpha value is 1.12. The molecule has 1 nitrogen and oxygen atoms in total. The molecule has 0 bridgehead atoms. The first kappa shape index (κ1) is 24.4. The molecule has 0 radical (unpaired) electrons. The van der Waals surface area contributed by atoms with Crippen molar-refractivity contribution in [3.63, 3.8) is 0 Å². The number of aliphatic hydroxyl groups excluding tert-OH is 1. The van der Waals surface area contributed by atoms with Crippen LogP contribution in [0.15, 0.2) is 0 Å². The second-order valence-corrected chi connectivity index (χ2v) is 3.53. The van der Waals surface area contributed by atoms with Crippen LogP contribution in [0, 0.1) is 0 Å². The van der Waals surface area contributed by atoms with E-state index in [4.69, 9.17) is 51.5 Å². The van der Waals surface area contributed by atoms with Gasteiger partial charge in [-0.2, -0.15) is 0 Å². The van der Waals surface area contributed by atoms with Gasteiger partial charge in [0, 0.05) is 7.11 Å². The Morgan fingerprint density at radius 3 is 0.929 bits per heavy atom. The molecule has 0 aromatic carbocycles. The monoisotopic (exact) mass is 286 g/mol. The van der Waals surface area contributed by atoms with E-state index in [1.165, 1.54) is 25.7 Å². The Labute approximate surface area is 109 Å². The molecule has 92 valence electrons. The summed E-state index contributed by atoms with van der Waals surface area (Å²) >= 11 is 19.1. The molecule has 0 aliphatic carbocycles. The average molecular weight is 288 g/mol. The summed E-state index contributed by atoms with van der Waals surface area (Å²) in [6.07, 6.45) is 5.54. The molecule has 5 heteroatoms. The molecule has 0 heterocycles. The maximum atomic E-state index is 7.00. The van der Waals surface area contributed by atoms with Gasteiger partial charge in [0.2, 0.25) is 0 Å². The first-order chi connectivity index (χ1) is 6.74. The first-order valence-electron chi connectivity index (χ1n) is 4.43. The zero-order chi connectivity index (χ0) is 12.2. The SMILES string of the molecule is CCCCCC.CO.ClCCl.ClCCl. The van der Waals surface area contributed by atoms with Crippen molar-refractivity contribution in [1.82, 2.24) is 0 Å². The molecule has 0 saturated carbocycles. The van der Waals surface area contributed by atoms with Gasteiger partial charge < -0.3 is 5.11 Å². The number of aliphatic hydroxyl groups is 1.